The van der Waals surface area contributed by atoms with Crippen LogP contribution in [0.4, 0.5) is 5.82 Å². The molecule has 11 nitrogen and oxygen atoms in total. The van der Waals surface area contributed by atoms with Gasteiger partial charge in [0.05, 0.1) is 37.3 Å². The fourth-order valence-electron chi connectivity index (χ4n) is 5.73. The molecule has 7 rings (SSSR count). The minimum Gasteiger partial charge on any atom is -0.378 e. The van der Waals surface area contributed by atoms with E-state index in [-0.39, 0.29) is 5.91 Å². The first-order chi connectivity index (χ1) is 20.1. The highest BCUT2D eigenvalue weighted by atomic mass is 32.2. The molecule has 6 heterocycles. The monoisotopic (exact) mass is 571 g/mol. The van der Waals surface area contributed by atoms with E-state index < -0.39 is 0 Å². The molecule has 0 spiro atoms. The molecule has 212 valence electrons. The van der Waals surface area contributed by atoms with E-state index >= 15 is 0 Å². The van der Waals surface area contributed by atoms with Gasteiger partial charge < -0.3 is 24.0 Å². The van der Waals surface area contributed by atoms with Gasteiger partial charge in [0.25, 0.3) is 0 Å². The highest BCUT2D eigenvalue weighted by Crippen LogP contribution is 2.29. The van der Waals surface area contributed by atoms with Crippen molar-refractivity contribution in [2.75, 3.05) is 56.6 Å². The zero-order chi connectivity index (χ0) is 27.9. The third-order valence-corrected chi connectivity index (χ3v) is 8.67. The summed E-state index contributed by atoms with van der Waals surface area (Å²) in [5, 5.41) is 2.10. The second-order valence-electron chi connectivity index (χ2n) is 10.4. The van der Waals surface area contributed by atoms with Crippen molar-refractivity contribution in [3.05, 3.63) is 59.2 Å². The number of piperazine rings is 1. The molecule has 2 saturated heterocycles. The van der Waals surface area contributed by atoms with E-state index in [1.165, 1.54) is 0 Å². The van der Waals surface area contributed by atoms with Gasteiger partial charge in [0, 0.05) is 51.1 Å². The molecule has 4 aromatic rings. The topological polar surface area (TPSA) is 97.4 Å². The number of amides is 1. The molecule has 41 heavy (non-hydrogen) atoms. The van der Waals surface area contributed by atoms with E-state index in [1.54, 1.807) is 11.8 Å². The number of carbonyl (C=O) groups is 1. The first-order valence-electron chi connectivity index (χ1n) is 14.1. The Hall–Kier alpha value is -3.90. The van der Waals surface area contributed by atoms with Crippen LogP contribution in [0.3, 0.4) is 0 Å². The van der Waals surface area contributed by atoms with Crippen molar-refractivity contribution in [3.8, 4) is 5.95 Å². The molecule has 3 aliphatic rings. The Labute approximate surface area is 242 Å². The maximum atomic E-state index is 13.2. The standard InChI is InChI=1S/C29H33N9O2S/c1-3-23-30-21-6-4-5-7-22(21)38(23)29-32-27-26(28(33-29)35-12-14-40-15-13-35)31-24(34(27)2)18-37-11-10-36(19-25(37)39)20-8-16-41-17-9-20/h4-9,16H,3,10-15,17-19H2,1-2H3. The van der Waals surface area contributed by atoms with Gasteiger partial charge in [-0.1, -0.05) is 25.1 Å². The minimum absolute atomic E-state index is 0.105. The van der Waals surface area contributed by atoms with E-state index in [9.17, 15) is 4.79 Å². The van der Waals surface area contributed by atoms with Crippen LogP contribution in [0.1, 0.15) is 18.6 Å². The summed E-state index contributed by atoms with van der Waals surface area (Å²) in [7, 11) is 1.98. The van der Waals surface area contributed by atoms with E-state index in [4.69, 9.17) is 24.7 Å². The molecule has 0 unspecified atom stereocenters. The Morgan fingerprint density at radius 1 is 0.976 bits per heavy atom. The number of aromatic nitrogens is 6. The molecule has 0 bridgehead atoms. The molecular weight excluding hydrogens is 538 g/mol. The number of benzene rings is 1. The van der Waals surface area contributed by atoms with E-state index in [2.05, 4.69) is 44.9 Å². The molecule has 0 atom stereocenters. The minimum atomic E-state index is 0.105. The number of fused-ring (bicyclic) bond motifs is 2. The van der Waals surface area contributed by atoms with Gasteiger partial charge in [0.15, 0.2) is 17.0 Å². The van der Waals surface area contributed by atoms with Gasteiger partial charge in [-0.25, -0.2) is 9.97 Å². The lowest BCUT2D eigenvalue weighted by atomic mass is 10.2. The van der Waals surface area contributed by atoms with E-state index in [1.807, 2.05) is 34.7 Å². The largest absolute Gasteiger partial charge is 0.378 e. The number of carbonyl (C=O) groups excluding carboxylic acids is 1. The average Bonchev–Trinajstić information content (AvgIpc) is 3.55. The quantitative estimate of drug-likeness (QED) is 0.346. The number of thioether (sulfide) groups is 1. The van der Waals surface area contributed by atoms with Gasteiger partial charge in [-0.2, -0.15) is 9.97 Å². The summed E-state index contributed by atoms with van der Waals surface area (Å²) in [5.41, 5.74) is 4.52. The van der Waals surface area contributed by atoms with Crippen LogP contribution in [0.25, 0.3) is 28.1 Å². The maximum absolute atomic E-state index is 13.2. The second kappa shape index (κ2) is 10.8. The van der Waals surface area contributed by atoms with Crippen LogP contribution in [0, 0.1) is 0 Å². The molecule has 0 aliphatic carbocycles. The number of rotatable bonds is 6. The van der Waals surface area contributed by atoms with Crippen molar-refractivity contribution in [2.24, 2.45) is 7.05 Å². The van der Waals surface area contributed by atoms with Gasteiger partial charge in [0.2, 0.25) is 11.9 Å². The van der Waals surface area contributed by atoms with Crippen LogP contribution in [-0.2, 0) is 29.5 Å². The number of hydrogen-bond acceptors (Lipinski definition) is 9. The lowest BCUT2D eigenvalue weighted by molar-refractivity contribution is -0.135. The number of anilines is 1. The molecule has 1 amide bonds. The number of hydrogen-bond donors (Lipinski definition) is 0. The Bertz CT molecular complexity index is 1680. The number of imidazole rings is 2. The number of morpholine rings is 1. The van der Waals surface area contributed by atoms with Crippen molar-refractivity contribution >= 4 is 45.7 Å². The molecule has 3 aliphatic heterocycles. The first kappa shape index (κ1) is 26.0. The zero-order valence-electron chi connectivity index (χ0n) is 23.4. The third kappa shape index (κ3) is 4.74. The molecule has 0 radical (unpaired) electrons. The summed E-state index contributed by atoms with van der Waals surface area (Å²) in [4.78, 5) is 39.6. The number of nitrogens with zero attached hydrogens (tertiary/aromatic N) is 9. The molecule has 2 fully saturated rings. The van der Waals surface area contributed by atoms with Crippen LogP contribution in [0.5, 0.6) is 0 Å². The summed E-state index contributed by atoms with van der Waals surface area (Å²) in [6.07, 6.45) is 5.04. The normalized spacial score (nSPS) is 18.1. The summed E-state index contributed by atoms with van der Waals surface area (Å²) in [6, 6.07) is 8.09. The van der Waals surface area contributed by atoms with Gasteiger partial charge >= 0.3 is 0 Å². The van der Waals surface area contributed by atoms with Gasteiger partial charge in [-0.3, -0.25) is 9.36 Å². The Morgan fingerprint density at radius 3 is 2.61 bits per heavy atom. The van der Waals surface area contributed by atoms with Gasteiger partial charge in [0.1, 0.15) is 11.6 Å². The van der Waals surface area contributed by atoms with Gasteiger partial charge in [-0.15, -0.1) is 11.8 Å². The fraction of sp³-hybridized carbons (Fsp3) is 0.414. The van der Waals surface area contributed by atoms with Crippen LogP contribution in [-0.4, -0.2) is 96.5 Å². The van der Waals surface area contributed by atoms with Crippen molar-refractivity contribution in [2.45, 2.75) is 19.9 Å². The van der Waals surface area contributed by atoms with Crippen molar-refractivity contribution < 1.29 is 9.53 Å². The van der Waals surface area contributed by atoms with E-state index in [0.29, 0.717) is 38.8 Å². The average molecular weight is 572 g/mol. The molecule has 1 aromatic carbocycles. The number of aryl methyl sites for hydroxylation is 2. The number of para-hydroxylation sites is 2. The summed E-state index contributed by atoms with van der Waals surface area (Å²) < 4.78 is 9.71. The number of ether oxygens (including phenoxy) is 1. The molecule has 0 saturated carbocycles. The number of allylic oxidation sites excluding steroid dienone is 1. The van der Waals surface area contributed by atoms with Crippen molar-refractivity contribution in [1.82, 2.24) is 38.9 Å². The van der Waals surface area contributed by atoms with Gasteiger partial charge in [-0.05, 0) is 23.6 Å². The lowest BCUT2D eigenvalue weighted by Gasteiger charge is -2.36. The zero-order valence-corrected chi connectivity index (χ0v) is 24.2. The van der Waals surface area contributed by atoms with E-state index in [0.717, 1.165) is 77.2 Å². The van der Waals surface area contributed by atoms with Crippen LogP contribution in [0.2, 0.25) is 0 Å². The second-order valence-corrected chi connectivity index (χ2v) is 11.4. The summed E-state index contributed by atoms with van der Waals surface area (Å²) in [6.45, 7) is 7.07. The third-order valence-electron chi connectivity index (χ3n) is 7.98. The fourth-order valence-corrected chi connectivity index (χ4v) is 6.34. The van der Waals surface area contributed by atoms with Crippen molar-refractivity contribution in [3.63, 3.8) is 0 Å². The molecule has 12 heteroatoms. The van der Waals surface area contributed by atoms with Crippen LogP contribution in [0.15, 0.2) is 47.5 Å². The van der Waals surface area contributed by atoms with Crippen molar-refractivity contribution in [1.29, 1.82) is 0 Å². The highest BCUT2D eigenvalue weighted by Gasteiger charge is 2.28. The van der Waals surface area contributed by atoms with Crippen LogP contribution < -0.4 is 4.90 Å². The maximum Gasteiger partial charge on any atom is 0.242 e. The Balaban J connectivity index is 1.27. The van der Waals surface area contributed by atoms with Crippen LogP contribution >= 0.6 is 11.8 Å². The predicted octanol–water partition coefficient (Wildman–Crippen LogP) is 2.89. The lowest BCUT2D eigenvalue weighted by Crippen LogP contribution is -2.49. The summed E-state index contributed by atoms with van der Waals surface area (Å²) in [5.74, 6) is 4.13. The summed E-state index contributed by atoms with van der Waals surface area (Å²) >= 11 is 1.77. The smallest absolute Gasteiger partial charge is 0.242 e. The first-order valence-corrected chi connectivity index (χ1v) is 15.2. The Morgan fingerprint density at radius 2 is 1.83 bits per heavy atom. The Kier molecular flexibility index (Phi) is 6.87. The molecular formula is C29H33N9O2S. The molecule has 0 N–H and O–H groups in total. The SMILES string of the molecule is CCc1nc2ccccc2n1-c1nc(N2CCOCC2)c2nc(CN3CCN(C4=CCSC=C4)CC3=O)n(C)c2n1. The molecule has 3 aromatic heterocycles. The highest BCUT2D eigenvalue weighted by molar-refractivity contribution is 8.02. The predicted molar refractivity (Wildman–Crippen MR) is 160 cm³/mol.